The van der Waals surface area contributed by atoms with Crippen molar-refractivity contribution in [2.24, 2.45) is 0 Å². The molecule has 5 nitrogen and oxygen atoms in total. The molecule has 1 unspecified atom stereocenters. The van der Waals surface area contributed by atoms with Gasteiger partial charge in [-0.3, -0.25) is 4.79 Å². The molecule has 1 aromatic rings. The Morgan fingerprint density at radius 3 is 2.61 bits per heavy atom. The maximum Gasteiger partial charge on any atom is 0.255 e. The van der Waals surface area contributed by atoms with Gasteiger partial charge in [0.1, 0.15) is 5.82 Å². The van der Waals surface area contributed by atoms with Crippen LogP contribution >= 0.6 is 0 Å². The highest BCUT2D eigenvalue weighted by Crippen LogP contribution is 2.10. The standard InChI is InChI=1S/C13H24N4O/c1-9(14-7-6-8-17(4)5)12-10(2)15-11(3)16-13(12)18/h9,14H,6-8H2,1-5H3,(H,15,16,18). The van der Waals surface area contributed by atoms with E-state index in [-0.39, 0.29) is 11.6 Å². The number of nitrogens with one attached hydrogen (secondary N) is 2. The Kier molecular flexibility index (Phi) is 5.50. The number of rotatable bonds is 6. The predicted octanol–water partition coefficient (Wildman–Crippen LogP) is 0.989. The van der Waals surface area contributed by atoms with Gasteiger partial charge in [0.15, 0.2) is 0 Å². The SMILES string of the molecule is Cc1nc(C)c(C(C)NCCCN(C)C)c(=O)[nH]1. The second kappa shape index (κ2) is 6.66. The third kappa shape index (κ3) is 4.23. The van der Waals surface area contributed by atoms with Gasteiger partial charge in [-0.2, -0.15) is 0 Å². The molecule has 0 aliphatic heterocycles. The van der Waals surface area contributed by atoms with Crippen molar-refractivity contribution in [2.45, 2.75) is 33.2 Å². The van der Waals surface area contributed by atoms with Gasteiger partial charge in [0.25, 0.3) is 5.56 Å². The van der Waals surface area contributed by atoms with Crippen LogP contribution in [0.2, 0.25) is 0 Å². The Morgan fingerprint density at radius 1 is 1.39 bits per heavy atom. The van der Waals surface area contributed by atoms with Gasteiger partial charge in [-0.25, -0.2) is 4.98 Å². The van der Waals surface area contributed by atoms with Crippen LogP contribution in [0.4, 0.5) is 0 Å². The number of hydrogen-bond acceptors (Lipinski definition) is 4. The van der Waals surface area contributed by atoms with E-state index in [1.807, 2.05) is 13.8 Å². The summed E-state index contributed by atoms with van der Waals surface area (Å²) >= 11 is 0. The van der Waals surface area contributed by atoms with Crippen LogP contribution in [-0.2, 0) is 0 Å². The summed E-state index contributed by atoms with van der Waals surface area (Å²) in [6, 6.07) is 0.0315. The van der Waals surface area contributed by atoms with E-state index in [4.69, 9.17) is 0 Å². The first-order valence-electron chi connectivity index (χ1n) is 6.37. The van der Waals surface area contributed by atoms with E-state index >= 15 is 0 Å². The molecule has 18 heavy (non-hydrogen) atoms. The maximum atomic E-state index is 11.9. The Bertz CT molecular complexity index is 439. The first-order chi connectivity index (χ1) is 8.41. The quantitative estimate of drug-likeness (QED) is 0.741. The van der Waals surface area contributed by atoms with Crippen LogP contribution in [-0.4, -0.2) is 42.1 Å². The highest BCUT2D eigenvalue weighted by molar-refractivity contribution is 5.19. The van der Waals surface area contributed by atoms with Gasteiger partial charge in [0.05, 0.1) is 5.56 Å². The van der Waals surface area contributed by atoms with Crippen molar-refractivity contribution in [2.75, 3.05) is 27.2 Å². The summed E-state index contributed by atoms with van der Waals surface area (Å²) in [4.78, 5) is 21.1. The van der Waals surface area contributed by atoms with Crippen molar-refractivity contribution >= 4 is 0 Å². The first kappa shape index (κ1) is 14.9. The molecule has 0 aliphatic carbocycles. The van der Waals surface area contributed by atoms with Crippen LogP contribution in [0.25, 0.3) is 0 Å². The minimum Gasteiger partial charge on any atom is -0.310 e. The fourth-order valence-electron chi connectivity index (χ4n) is 2.06. The predicted molar refractivity (Wildman–Crippen MR) is 73.9 cm³/mol. The van der Waals surface area contributed by atoms with Gasteiger partial charge >= 0.3 is 0 Å². The van der Waals surface area contributed by atoms with Crippen LogP contribution in [0, 0.1) is 13.8 Å². The van der Waals surface area contributed by atoms with E-state index in [1.54, 1.807) is 6.92 Å². The van der Waals surface area contributed by atoms with E-state index < -0.39 is 0 Å². The summed E-state index contributed by atoms with van der Waals surface area (Å²) in [7, 11) is 4.12. The summed E-state index contributed by atoms with van der Waals surface area (Å²) in [5.74, 6) is 0.668. The zero-order chi connectivity index (χ0) is 13.7. The molecule has 0 amide bonds. The summed E-state index contributed by atoms with van der Waals surface area (Å²) in [5.41, 5.74) is 1.52. The molecule has 1 heterocycles. The average molecular weight is 252 g/mol. The lowest BCUT2D eigenvalue weighted by molar-refractivity contribution is 0.388. The maximum absolute atomic E-state index is 11.9. The molecule has 1 atom stereocenters. The molecule has 1 aromatic heterocycles. The van der Waals surface area contributed by atoms with Gasteiger partial charge in [-0.05, 0) is 54.4 Å². The minimum atomic E-state index is -0.0346. The zero-order valence-electron chi connectivity index (χ0n) is 12.0. The monoisotopic (exact) mass is 252 g/mol. The van der Waals surface area contributed by atoms with Crippen molar-refractivity contribution in [3.05, 3.63) is 27.4 Å². The first-order valence-corrected chi connectivity index (χ1v) is 6.37. The summed E-state index contributed by atoms with van der Waals surface area (Å²) < 4.78 is 0. The van der Waals surface area contributed by atoms with E-state index in [0.717, 1.165) is 30.8 Å². The van der Waals surface area contributed by atoms with Gasteiger partial charge in [-0.15, -0.1) is 0 Å². The third-order valence-electron chi connectivity index (χ3n) is 2.93. The topological polar surface area (TPSA) is 61.0 Å². The van der Waals surface area contributed by atoms with Gasteiger partial charge in [-0.1, -0.05) is 0 Å². The lowest BCUT2D eigenvalue weighted by atomic mass is 10.1. The Balaban J connectivity index is 2.62. The summed E-state index contributed by atoms with van der Waals surface area (Å²) in [6.45, 7) is 7.63. The van der Waals surface area contributed by atoms with Gasteiger partial charge in [0.2, 0.25) is 0 Å². The Hall–Kier alpha value is -1.20. The average Bonchev–Trinajstić information content (AvgIpc) is 2.22. The highest BCUT2D eigenvalue weighted by Gasteiger charge is 2.13. The van der Waals surface area contributed by atoms with E-state index in [9.17, 15) is 4.79 Å². The molecular formula is C13H24N4O. The molecule has 1 rings (SSSR count). The fourth-order valence-corrected chi connectivity index (χ4v) is 2.06. The molecule has 0 fully saturated rings. The molecule has 2 N–H and O–H groups in total. The second-order valence-corrected chi connectivity index (χ2v) is 4.98. The van der Waals surface area contributed by atoms with Crippen LogP contribution in [0.1, 0.15) is 36.5 Å². The molecule has 5 heteroatoms. The number of H-pyrrole nitrogens is 1. The molecule has 0 radical (unpaired) electrons. The molecule has 0 saturated heterocycles. The van der Waals surface area contributed by atoms with Crippen LogP contribution in [0.3, 0.4) is 0 Å². The van der Waals surface area contributed by atoms with Crippen LogP contribution in [0.5, 0.6) is 0 Å². The lowest BCUT2D eigenvalue weighted by Crippen LogP contribution is -2.29. The van der Waals surface area contributed by atoms with Crippen molar-refractivity contribution in [1.29, 1.82) is 0 Å². The molecule has 0 spiro atoms. The summed E-state index contributed by atoms with van der Waals surface area (Å²) in [6.07, 6.45) is 1.06. The summed E-state index contributed by atoms with van der Waals surface area (Å²) in [5, 5.41) is 3.37. The molecule has 102 valence electrons. The van der Waals surface area contributed by atoms with Crippen LogP contribution < -0.4 is 10.9 Å². The van der Waals surface area contributed by atoms with E-state index in [1.165, 1.54) is 0 Å². The lowest BCUT2D eigenvalue weighted by Gasteiger charge is -2.16. The van der Waals surface area contributed by atoms with E-state index in [2.05, 4.69) is 34.3 Å². The fraction of sp³-hybridized carbons (Fsp3) is 0.692. The van der Waals surface area contributed by atoms with Crippen molar-refractivity contribution in [1.82, 2.24) is 20.2 Å². The van der Waals surface area contributed by atoms with Gasteiger partial charge < -0.3 is 15.2 Å². The number of aryl methyl sites for hydroxylation is 2. The number of hydrogen-bond donors (Lipinski definition) is 2. The smallest absolute Gasteiger partial charge is 0.255 e. The number of nitrogens with zero attached hydrogens (tertiary/aromatic N) is 2. The molecule has 0 aliphatic rings. The highest BCUT2D eigenvalue weighted by atomic mass is 16.1. The molecule has 0 saturated carbocycles. The number of aromatic amines is 1. The number of aromatic nitrogens is 2. The molecule has 0 bridgehead atoms. The van der Waals surface area contributed by atoms with Crippen molar-refractivity contribution < 1.29 is 0 Å². The second-order valence-electron chi connectivity index (χ2n) is 4.98. The zero-order valence-corrected chi connectivity index (χ0v) is 12.0. The van der Waals surface area contributed by atoms with Crippen molar-refractivity contribution in [3.63, 3.8) is 0 Å². The Morgan fingerprint density at radius 2 is 2.06 bits per heavy atom. The van der Waals surface area contributed by atoms with Gasteiger partial charge in [0, 0.05) is 11.7 Å². The van der Waals surface area contributed by atoms with Crippen LogP contribution in [0.15, 0.2) is 4.79 Å². The molecule has 0 aromatic carbocycles. The third-order valence-corrected chi connectivity index (χ3v) is 2.93. The normalized spacial score (nSPS) is 13.0. The molecular weight excluding hydrogens is 228 g/mol. The van der Waals surface area contributed by atoms with E-state index in [0.29, 0.717) is 5.82 Å². The Labute approximate surface area is 109 Å². The minimum absolute atomic E-state index is 0.0315. The van der Waals surface area contributed by atoms with Crippen molar-refractivity contribution in [3.8, 4) is 0 Å². The largest absolute Gasteiger partial charge is 0.310 e.